The Labute approximate surface area is 122 Å². The lowest BCUT2D eigenvalue weighted by atomic mass is 9.91. The molecule has 24 heavy (non-hydrogen) atoms. The summed E-state index contributed by atoms with van der Waals surface area (Å²) >= 11 is 0. The number of aliphatic hydroxyl groups is 2. The SMILES string of the molecule is O=C(O)C(F)(F)C(F)(F)C(O)C(O)(F)C(F)(F)C(F)(F)C(F)(F)F. The summed E-state index contributed by atoms with van der Waals surface area (Å²) in [5.41, 5.74) is 0. The van der Waals surface area contributed by atoms with Crippen molar-refractivity contribution in [3.63, 3.8) is 0 Å². The molecule has 0 aromatic rings. The van der Waals surface area contributed by atoms with Gasteiger partial charge in [0, 0.05) is 0 Å². The summed E-state index contributed by atoms with van der Waals surface area (Å²) in [6.45, 7) is 0. The Morgan fingerprint density at radius 3 is 1.33 bits per heavy atom. The fourth-order valence-corrected chi connectivity index (χ4v) is 1.12. The molecule has 2 unspecified atom stereocenters. The summed E-state index contributed by atoms with van der Waals surface area (Å²) in [6, 6.07) is 0. The van der Waals surface area contributed by atoms with Gasteiger partial charge in [-0.1, -0.05) is 0 Å². The zero-order valence-corrected chi connectivity index (χ0v) is 10.4. The number of alkyl halides is 12. The largest absolute Gasteiger partial charge is 0.477 e. The molecule has 0 heterocycles. The van der Waals surface area contributed by atoms with Crippen LogP contribution in [0.4, 0.5) is 52.7 Å². The second kappa shape index (κ2) is 5.53. The van der Waals surface area contributed by atoms with Crippen molar-refractivity contribution >= 4 is 5.97 Å². The van der Waals surface area contributed by atoms with Crippen LogP contribution in [0, 0.1) is 0 Å². The number of rotatable bonds is 6. The van der Waals surface area contributed by atoms with Crippen LogP contribution in [-0.2, 0) is 4.79 Å². The summed E-state index contributed by atoms with van der Waals surface area (Å²) in [5, 5.41) is 24.3. The molecule has 0 rings (SSSR count). The maximum atomic E-state index is 13.1. The number of halogens is 12. The van der Waals surface area contributed by atoms with Gasteiger partial charge in [0.1, 0.15) is 0 Å². The number of carboxylic acids is 1. The second-order valence-electron chi connectivity index (χ2n) is 4.22. The van der Waals surface area contributed by atoms with Crippen molar-refractivity contribution in [2.45, 2.75) is 41.8 Å². The van der Waals surface area contributed by atoms with Gasteiger partial charge in [-0.15, -0.1) is 0 Å². The lowest BCUT2D eigenvalue weighted by molar-refractivity contribution is -0.434. The molecule has 0 radical (unpaired) electrons. The normalized spacial score (nSPS) is 18.9. The van der Waals surface area contributed by atoms with Crippen LogP contribution in [0.5, 0.6) is 0 Å². The summed E-state index contributed by atoms with van der Waals surface area (Å²) in [5.74, 6) is -39.7. The molecule has 0 fully saturated rings. The first-order valence-electron chi connectivity index (χ1n) is 5.00. The van der Waals surface area contributed by atoms with E-state index in [9.17, 15) is 57.5 Å². The molecule has 2 atom stereocenters. The molecule has 0 aromatic heterocycles. The molecular formula is C8H4F12O4. The molecule has 0 saturated heterocycles. The van der Waals surface area contributed by atoms with E-state index < -0.39 is 47.8 Å². The zero-order valence-electron chi connectivity index (χ0n) is 10.4. The fourth-order valence-electron chi connectivity index (χ4n) is 1.12. The van der Waals surface area contributed by atoms with E-state index in [0.717, 1.165) is 0 Å². The van der Waals surface area contributed by atoms with Crippen LogP contribution in [0.2, 0.25) is 0 Å². The summed E-state index contributed by atoms with van der Waals surface area (Å²) < 4.78 is 150. The molecule has 0 bridgehead atoms. The van der Waals surface area contributed by atoms with Crippen LogP contribution in [0.25, 0.3) is 0 Å². The van der Waals surface area contributed by atoms with Crippen LogP contribution in [0.1, 0.15) is 0 Å². The smallest absolute Gasteiger partial charge is 0.460 e. The van der Waals surface area contributed by atoms with Gasteiger partial charge in [-0.2, -0.15) is 48.3 Å². The molecule has 4 nitrogen and oxygen atoms in total. The molecule has 0 saturated carbocycles. The first kappa shape index (κ1) is 22.6. The van der Waals surface area contributed by atoms with Crippen molar-refractivity contribution in [1.29, 1.82) is 0 Å². The predicted octanol–water partition coefficient (Wildman–Crippen LogP) is 2.19. The molecule has 0 aliphatic rings. The Kier molecular flexibility index (Phi) is 5.20. The third kappa shape index (κ3) is 2.84. The Morgan fingerprint density at radius 2 is 1.08 bits per heavy atom. The molecule has 0 aromatic carbocycles. The minimum Gasteiger partial charge on any atom is -0.477 e. The highest BCUT2D eigenvalue weighted by Gasteiger charge is 2.85. The van der Waals surface area contributed by atoms with Gasteiger partial charge in [-0.05, 0) is 0 Å². The van der Waals surface area contributed by atoms with Crippen molar-refractivity contribution in [2.24, 2.45) is 0 Å². The van der Waals surface area contributed by atoms with Gasteiger partial charge < -0.3 is 15.3 Å². The third-order valence-corrected chi connectivity index (χ3v) is 2.58. The summed E-state index contributed by atoms with van der Waals surface area (Å²) in [6.07, 6.45) is -13.1. The second-order valence-corrected chi connectivity index (χ2v) is 4.22. The molecule has 3 N–H and O–H groups in total. The van der Waals surface area contributed by atoms with E-state index in [4.69, 9.17) is 15.3 Å². The Hall–Kier alpha value is -1.45. The van der Waals surface area contributed by atoms with Crippen molar-refractivity contribution in [3.05, 3.63) is 0 Å². The van der Waals surface area contributed by atoms with Gasteiger partial charge in [0.2, 0.25) is 0 Å². The quantitative estimate of drug-likeness (QED) is 0.606. The number of aliphatic carboxylic acids is 1. The van der Waals surface area contributed by atoms with Crippen molar-refractivity contribution in [2.75, 3.05) is 0 Å². The number of carbonyl (C=O) groups is 1. The van der Waals surface area contributed by atoms with Gasteiger partial charge in [-0.3, -0.25) is 0 Å². The lowest BCUT2D eigenvalue weighted by Crippen LogP contribution is -2.71. The standard InChI is InChI=1S/C8H4F12O4/c9-3(10,4(11,12)2(22)23)1(21)5(13,24)6(14,15)7(16,17)8(18,19)20/h1,21,24H,(H,22,23). The van der Waals surface area contributed by atoms with Crippen molar-refractivity contribution < 1.29 is 72.8 Å². The maximum Gasteiger partial charge on any atom is 0.460 e. The summed E-state index contributed by atoms with van der Waals surface area (Å²) in [4.78, 5) is 9.84. The predicted molar refractivity (Wildman–Crippen MR) is 45.5 cm³/mol. The molecule has 0 amide bonds. The number of carboxylic acid groups (broad SMARTS) is 1. The minimum absolute atomic E-state index is 3.90. The monoisotopic (exact) mass is 392 g/mol. The third-order valence-electron chi connectivity index (χ3n) is 2.58. The molecule has 16 heteroatoms. The van der Waals surface area contributed by atoms with E-state index in [-0.39, 0.29) is 0 Å². The van der Waals surface area contributed by atoms with Gasteiger partial charge in [0.05, 0.1) is 0 Å². The van der Waals surface area contributed by atoms with Crippen LogP contribution in [0.15, 0.2) is 0 Å². The van der Waals surface area contributed by atoms with E-state index in [1.807, 2.05) is 0 Å². The molecule has 0 spiro atoms. The van der Waals surface area contributed by atoms with Crippen molar-refractivity contribution in [1.82, 2.24) is 0 Å². The van der Waals surface area contributed by atoms with E-state index in [0.29, 0.717) is 0 Å². The van der Waals surface area contributed by atoms with E-state index >= 15 is 0 Å². The highest BCUT2D eigenvalue weighted by atomic mass is 19.4. The van der Waals surface area contributed by atoms with E-state index in [1.165, 1.54) is 0 Å². The Morgan fingerprint density at radius 1 is 0.750 bits per heavy atom. The molecule has 0 aliphatic carbocycles. The van der Waals surface area contributed by atoms with Crippen LogP contribution >= 0.6 is 0 Å². The van der Waals surface area contributed by atoms with Gasteiger partial charge in [0.25, 0.3) is 0 Å². The number of hydrogen-bond acceptors (Lipinski definition) is 3. The first-order chi connectivity index (χ1) is 10.1. The Bertz CT molecular complexity index is 496. The average molecular weight is 392 g/mol. The average Bonchev–Trinajstić information content (AvgIpc) is 2.35. The molecular weight excluding hydrogens is 388 g/mol. The van der Waals surface area contributed by atoms with Gasteiger partial charge in [-0.25, -0.2) is 9.18 Å². The van der Waals surface area contributed by atoms with Crippen LogP contribution in [0.3, 0.4) is 0 Å². The first-order valence-corrected chi connectivity index (χ1v) is 5.00. The molecule has 0 aliphatic heterocycles. The van der Waals surface area contributed by atoms with Crippen molar-refractivity contribution in [3.8, 4) is 0 Å². The van der Waals surface area contributed by atoms with Crippen LogP contribution < -0.4 is 0 Å². The maximum absolute atomic E-state index is 13.1. The molecule has 144 valence electrons. The minimum atomic E-state index is -7.62. The topological polar surface area (TPSA) is 77.8 Å². The summed E-state index contributed by atoms with van der Waals surface area (Å²) in [7, 11) is 0. The highest BCUT2D eigenvalue weighted by Crippen LogP contribution is 2.55. The van der Waals surface area contributed by atoms with E-state index in [2.05, 4.69) is 0 Å². The fraction of sp³-hybridized carbons (Fsp3) is 0.875. The lowest BCUT2D eigenvalue weighted by Gasteiger charge is -2.40. The van der Waals surface area contributed by atoms with Gasteiger partial charge >= 0.3 is 41.7 Å². The highest BCUT2D eigenvalue weighted by molar-refractivity contribution is 5.77. The number of aliphatic hydroxyl groups excluding tert-OH is 1. The van der Waals surface area contributed by atoms with Gasteiger partial charge in [0.15, 0.2) is 6.10 Å². The van der Waals surface area contributed by atoms with Crippen LogP contribution in [-0.4, -0.2) is 63.1 Å². The van der Waals surface area contributed by atoms with E-state index in [1.54, 1.807) is 0 Å². The zero-order chi connectivity index (χ0) is 20.2. The number of hydrogen-bond donors (Lipinski definition) is 3. The Balaban J connectivity index is 6.21.